The highest BCUT2D eigenvalue weighted by atomic mass is 32.2. The molecule has 112 valence electrons. The van der Waals surface area contributed by atoms with Crippen molar-refractivity contribution in [3.63, 3.8) is 0 Å². The number of anilines is 2. The number of pyridine rings is 1. The molecule has 2 aromatic rings. The number of benzene rings is 1. The lowest BCUT2D eigenvalue weighted by Gasteiger charge is -2.15. The Balaban J connectivity index is 2.51. The second-order valence-corrected chi connectivity index (χ2v) is 6.36. The largest absolute Gasteiger partial charge is 0.398 e. The van der Waals surface area contributed by atoms with Crippen LogP contribution >= 0.6 is 0 Å². The Labute approximate surface area is 125 Å². The summed E-state index contributed by atoms with van der Waals surface area (Å²) < 4.78 is 27.8. The van der Waals surface area contributed by atoms with Crippen LogP contribution in [0.4, 0.5) is 11.4 Å². The maximum atomic E-state index is 12.6. The molecule has 0 spiro atoms. The molecular weight excluding hydrogens is 286 g/mol. The van der Waals surface area contributed by atoms with Gasteiger partial charge in [0.2, 0.25) is 0 Å². The monoisotopic (exact) mass is 305 g/mol. The first kappa shape index (κ1) is 15.3. The lowest BCUT2D eigenvalue weighted by molar-refractivity contribution is 0.600. The Hall–Kier alpha value is -2.08. The van der Waals surface area contributed by atoms with Gasteiger partial charge in [-0.1, -0.05) is 13.8 Å². The van der Waals surface area contributed by atoms with Crippen LogP contribution in [-0.2, 0) is 22.9 Å². The molecule has 0 aliphatic heterocycles. The topological polar surface area (TPSA) is 85.1 Å². The van der Waals surface area contributed by atoms with Crippen molar-refractivity contribution in [3.8, 4) is 0 Å². The van der Waals surface area contributed by atoms with Crippen LogP contribution in [0, 0.1) is 0 Å². The lowest BCUT2D eigenvalue weighted by Crippen LogP contribution is -2.16. The van der Waals surface area contributed by atoms with Crippen molar-refractivity contribution in [1.29, 1.82) is 0 Å². The van der Waals surface area contributed by atoms with Gasteiger partial charge in [0, 0.05) is 18.1 Å². The summed E-state index contributed by atoms with van der Waals surface area (Å²) in [6.07, 6.45) is 4.36. The smallest absolute Gasteiger partial charge is 0.262 e. The second-order valence-electron chi connectivity index (χ2n) is 4.71. The van der Waals surface area contributed by atoms with Crippen LogP contribution in [0.1, 0.15) is 25.0 Å². The van der Waals surface area contributed by atoms with Crippen LogP contribution in [0.3, 0.4) is 0 Å². The maximum absolute atomic E-state index is 12.6. The van der Waals surface area contributed by atoms with Gasteiger partial charge in [-0.25, -0.2) is 8.42 Å². The van der Waals surface area contributed by atoms with Crippen molar-refractivity contribution in [1.82, 2.24) is 4.98 Å². The number of nitrogen functional groups attached to an aromatic ring is 1. The van der Waals surface area contributed by atoms with Gasteiger partial charge in [0.25, 0.3) is 10.0 Å². The molecule has 5 nitrogen and oxygen atoms in total. The standard InChI is InChI=1S/C15H19N3O2S/c1-3-11-9-14(16)13(4-2)15(10-11)21(19,20)18-12-5-7-17-8-6-12/h5-10H,3-4,16H2,1-2H3,(H,17,18). The number of aryl methyl sites for hydroxylation is 1. The van der Waals surface area contributed by atoms with Gasteiger partial charge in [0.15, 0.2) is 0 Å². The zero-order valence-electron chi connectivity index (χ0n) is 12.1. The van der Waals surface area contributed by atoms with Gasteiger partial charge in [-0.05, 0) is 48.2 Å². The molecule has 1 aromatic heterocycles. The first-order valence-electron chi connectivity index (χ1n) is 6.82. The number of nitrogens with two attached hydrogens (primary N) is 1. The summed E-state index contributed by atoms with van der Waals surface area (Å²) in [4.78, 5) is 4.12. The number of nitrogens with zero attached hydrogens (tertiary/aromatic N) is 1. The van der Waals surface area contributed by atoms with E-state index in [0.717, 1.165) is 12.0 Å². The van der Waals surface area contributed by atoms with Crippen molar-refractivity contribution < 1.29 is 8.42 Å². The zero-order chi connectivity index (χ0) is 15.5. The molecule has 0 saturated heterocycles. The molecule has 6 heteroatoms. The summed E-state index contributed by atoms with van der Waals surface area (Å²) in [5.74, 6) is 0. The van der Waals surface area contributed by atoms with Crippen molar-refractivity contribution >= 4 is 21.4 Å². The van der Waals surface area contributed by atoms with Gasteiger partial charge < -0.3 is 5.73 Å². The van der Waals surface area contributed by atoms with Crippen molar-refractivity contribution in [3.05, 3.63) is 47.8 Å². The van der Waals surface area contributed by atoms with Crippen LogP contribution in [0.15, 0.2) is 41.6 Å². The zero-order valence-corrected chi connectivity index (χ0v) is 12.9. The Morgan fingerprint density at radius 1 is 1.14 bits per heavy atom. The maximum Gasteiger partial charge on any atom is 0.262 e. The van der Waals surface area contributed by atoms with Crippen molar-refractivity contribution in [2.24, 2.45) is 0 Å². The molecule has 0 saturated carbocycles. The molecule has 0 unspecified atom stereocenters. The second kappa shape index (κ2) is 6.13. The van der Waals surface area contributed by atoms with Crippen LogP contribution in [-0.4, -0.2) is 13.4 Å². The molecule has 0 radical (unpaired) electrons. The Morgan fingerprint density at radius 2 is 1.81 bits per heavy atom. The van der Waals surface area contributed by atoms with Crippen LogP contribution in [0.25, 0.3) is 0 Å². The molecule has 1 aromatic carbocycles. The van der Waals surface area contributed by atoms with E-state index in [4.69, 9.17) is 5.73 Å². The van der Waals surface area contributed by atoms with E-state index >= 15 is 0 Å². The van der Waals surface area contributed by atoms with Gasteiger partial charge in [0.1, 0.15) is 0 Å². The van der Waals surface area contributed by atoms with E-state index in [9.17, 15) is 8.42 Å². The quantitative estimate of drug-likeness (QED) is 0.831. The molecule has 2 rings (SSSR count). The van der Waals surface area contributed by atoms with Crippen molar-refractivity contribution in [2.75, 3.05) is 10.5 Å². The molecule has 3 N–H and O–H groups in total. The first-order chi connectivity index (χ1) is 9.97. The fraction of sp³-hybridized carbons (Fsp3) is 0.267. The number of hydrogen-bond donors (Lipinski definition) is 2. The minimum Gasteiger partial charge on any atom is -0.398 e. The van der Waals surface area contributed by atoms with Gasteiger partial charge >= 0.3 is 0 Å². The molecule has 0 amide bonds. The van der Waals surface area contributed by atoms with Gasteiger partial charge in [-0.2, -0.15) is 0 Å². The molecule has 0 atom stereocenters. The van der Waals surface area contributed by atoms with E-state index in [0.29, 0.717) is 23.4 Å². The SMILES string of the molecule is CCc1cc(N)c(CC)c(S(=O)(=O)Nc2ccncc2)c1. The first-order valence-corrected chi connectivity index (χ1v) is 8.30. The highest BCUT2D eigenvalue weighted by Crippen LogP contribution is 2.26. The Kier molecular flexibility index (Phi) is 4.47. The van der Waals surface area contributed by atoms with Crippen LogP contribution in [0.2, 0.25) is 0 Å². The number of sulfonamides is 1. The summed E-state index contributed by atoms with van der Waals surface area (Å²) in [6, 6.07) is 6.75. The molecule has 0 aliphatic rings. The number of nitrogens with one attached hydrogen (secondary N) is 1. The number of hydrogen-bond acceptors (Lipinski definition) is 4. The average molecular weight is 305 g/mol. The summed E-state index contributed by atoms with van der Waals surface area (Å²) in [5.41, 5.74) is 8.55. The summed E-state index contributed by atoms with van der Waals surface area (Å²) >= 11 is 0. The fourth-order valence-corrected chi connectivity index (χ4v) is 3.63. The molecule has 0 aliphatic carbocycles. The fourth-order valence-electron chi connectivity index (χ4n) is 2.18. The third kappa shape index (κ3) is 3.33. The minimum absolute atomic E-state index is 0.249. The summed E-state index contributed by atoms with van der Waals surface area (Å²) in [5, 5.41) is 0. The normalized spacial score (nSPS) is 11.3. The van der Waals surface area contributed by atoms with E-state index in [2.05, 4.69) is 9.71 Å². The minimum atomic E-state index is -3.67. The third-order valence-corrected chi connectivity index (χ3v) is 4.73. The molecule has 1 heterocycles. The van der Waals surface area contributed by atoms with E-state index in [1.165, 1.54) is 12.4 Å². The highest BCUT2D eigenvalue weighted by molar-refractivity contribution is 7.92. The predicted molar refractivity (Wildman–Crippen MR) is 84.7 cm³/mol. The highest BCUT2D eigenvalue weighted by Gasteiger charge is 2.20. The van der Waals surface area contributed by atoms with Crippen LogP contribution < -0.4 is 10.5 Å². The van der Waals surface area contributed by atoms with Gasteiger partial charge in [-0.3, -0.25) is 9.71 Å². The summed E-state index contributed by atoms with van der Waals surface area (Å²) in [6.45, 7) is 3.86. The Bertz CT molecular complexity index is 728. The predicted octanol–water partition coefficient (Wildman–Crippen LogP) is 2.59. The summed E-state index contributed by atoms with van der Waals surface area (Å²) in [7, 11) is -3.67. The lowest BCUT2D eigenvalue weighted by atomic mass is 10.1. The van der Waals surface area contributed by atoms with Gasteiger partial charge in [-0.15, -0.1) is 0 Å². The number of aromatic nitrogens is 1. The van der Waals surface area contributed by atoms with E-state index in [1.807, 2.05) is 19.9 Å². The Morgan fingerprint density at radius 3 is 2.38 bits per heavy atom. The van der Waals surface area contributed by atoms with Crippen LogP contribution in [0.5, 0.6) is 0 Å². The van der Waals surface area contributed by atoms with Crippen molar-refractivity contribution in [2.45, 2.75) is 31.6 Å². The van der Waals surface area contributed by atoms with Gasteiger partial charge in [0.05, 0.1) is 10.6 Å². The average Bonchev–Trinajstić information content (AvgIpc) is 2.47. The van der Waals surface area contributed by atoms with E-state index in [1.54, 1.807) is 18.2 Å². The van der Waals surface area contributed by atoms with E-state index in [-0.39, 0.29) is 4.90 Å². The molecule has 0 bridgehead atoms. The molecular formula is C15H19N3O2S. The molecule has 0 fully saturated rings. The third-order valence-electron chi connectivity index (χ3n) is 3.29. The molecule has 21 heavy (non-hydrogen) atoms. The number of rotatable bonds is 5. The van der Waals surface area contributed by atoms with E-state index < -0.39 is 10.0 Å².